The third-order valence-electron chi connectivity index (χ3n) is 2.40. The minimum absolute atomic E-state index is 0.283. The van der Waals surface area contributed by atoms with Gasteiger partial charge in [-0.25, -0.2) is 9.64 Å². The summed E-state index contributed by atoms with van der Waals surface area (Å²) in [5.41, 5.74) is 1.24. The van der Waals surface area contributed by atoms with Crippen molar-refractivity contribution in [3.63, 3.8) is 0 Å². The number of aromatic carboxylic acids is 1. The summed E-state index contributed by atoms with van der Waals surface area (Å²) in [6.07, 6.45) is 0. The average Bonchev–Trinajstić information content (AvgIpc) is 2.87. The number of nitrogens with zero attached hydrogens (tertiary/aromatic N) is 1. The number of carboxylic acids is 1. The van der Waals surface area contributed by atoms with E-state index in [9.17, 15) is 4.79 Å². The van der Waals surface area contributed by atoms with Crippen molar-refractivity contribution in [2.24, 2.45) is 0 Å². The highest BCUT2D eigenvalue weighted by Gasteiger charge is 2.10. The Bertz CT molecular complexity index is 640. The molecule has 0 aliphatic carbocycles. The first-order valence-corrected chi connectivity index (χ1v) is 5.86. The predicted octanol–water partition coefficient (Wildman–Crippen LogP) is 3.67. The molecule has 0 fully saturated rings. The normalized spacial score (nSPS) is 9.78. The summed E-state index contributed by atoms with van der Waals surface area (Å²) < 4.78 is 5.07. The minimum Gasteiger partial charge on any atom is -0.508 e. The fraction of sp³-hybridized carbons (Fsp3) is 0.0769. The van der Waals surface area contributed by atoms with Gasteiger partial charge in [-0.2, -0.15) is 0 Å². The zero-order valence-corrected chi connectivity index (χ0v) is 10.3. The lowest BCUT2D eigenvalue weighted by Crippen LogP contribution is -1.89. The number of carbonyl (C=O) groups is 1. The lowest BCUT2D eigenvalue weighted by molar-refractivity contribution is 0.0702. The Morgan fingerprint density at radius 1 is 1.39 bits per heavy atom. The first-order valence-electron chi connectivity index (χ1n) is 5.04. The van der Waals surface area contributed by atoms with Crippen LogP contribution in [0.1, 0.15) is 9.67 Å². The van der Waals surface area contributed by atoms with Crippen LogP contribution >= 0.6 is 11.3 Å². The summed E-state index contributed by atoms with van der Waals surface area (Å²) in [6, 6.07) is 8.52. The molecular weight excluding hydrogens is 250 g/mol. The Labute approximate surface area is 108 Å². The van der Waals surface area contributed by atoms with Gasteiger partial charge in [-0.05, 0) is 29.8 Å². The van der Waals surface area contributed by atoms with Gasteiger partial charge < -0.3 is 9.84 Å². The van der Waals surface area contributed by atoms with E-state index < -0.39 is 5.97 Å². The van der Waals surface area contributed by atoms with Crippen LogP contribution in [-0.4, -0.2) is 18.2 Å². The first-order chi connectivity index (χ1) is 8.65. The van der Waals surface area contributed by atoms with E-state index in [-0.39, 0.29) is 4.88 Å². The van der Waals surface area contributed by atoms with Crippen LogP contribution in [-0.2, 0) is 0 Å². The summed E-state index contributed by atoms with van der Waals surface area (Å²) in [4.78, 5) is 15.3. The molecule has 0 unspecified atom stereocenters. The summed E-state index contributed by atoms with van der Waals surface area (Å²) >= 11 is 1.18. The molecule has 1 N–H and O–H groups in total. The highest BCUT2D eigenvalue weighted by molar-refractivity contribution is 7.17. The van der Waals surface area contributed by atoms with E-state index in [0.717, 1.165) is 10.4 Å². The third-order valence-corrected chi connectivity index (χ3v) is 3.52. The monoisotopic (exact) mass is 259 g/mol. The largest absolute Gasteiger partial charge is 0.508 e. The number of ether oxygens (including phenoxy) is 1. The van der Waals surface area contributed by atoms with Gasteiger partial charge in [-0.3, -0.25) is 0 Å². The number of hydrogen-bond donors (Lipinski definition) is 1. The summed E-state index contributed by atoms with van der Waals surface area (Å²) in [7, 11) is 1.51. The predicted molar refractivity (Wildman–Crippen MR) is 69.5 cm³/mol. The lowest BCUT2D eigenvalue weighted by atomic mass is 10.1. The number of methoxy groups -OCH3 is 1. The number of hydrogen-bond acceptors (Lipinski definition) is 3. The second kappa shape index (κ2) is 4.90. The van der Waals surface area contributed by atoms with Gasteiger partial charge in [-0.1, -0.05) is 6.07 Å². The van der Waals surface area contributed by atoms with Crippen LogP contribution < -0.4 is 4.74 Å². The quantitative estimate of drug-likeness (QED) is 0.855. The molecule has 1 heterocycles. The fourth-order valence-electron chi connectivity index (χ4n) is 1.54. The average molecular weight is 259 g/mol. The van der Waals surface area contributed by atoms with Crippen molar-refractivity contribution in [1.82, 2.24) is 0 Å². The molecule has 2 rings (SSSR count). The van der Waals surface area contributed by atoms with Gasteiger partial charge in [0.2, 0.25) is 5.69 Å². The van der Waals surface area contributed by atoms with Crippen molar-refractivity contribution in [2.75, 3.05) is 7.11 Å². The number of benzene rings is 1. The molecule has 0 amide bonds. The molecule has 1 aromatic heterocycles. The summed E-state index contributed by atoms with van der Waals surface area (Å²) in [6.45, 7) is 7.07. The van der Waals surface area contributed by atoms with Gasteiger partial charge in [-0.15, -0.1) is 11.3 Å². The van der Waals surface area contributed by atoms with Gasteiger partial charge in [0.05, 0.1) is 13.7 Å². The molecule has 0 saturated carbocycles. The molecule has 0 spiro atoms. The van der Waals surface area contributed by atoms with Crippen molar-refractivity contribution in [1.29, 1.82) is 0 Å². The molecule has 5 heteroatoms. The molecule has 18 heavy (non-hydrogen) atoms. The third kappa shape index (κ3) is 2.19. The van der Waals surface area contributed by atoms with E-state index >= 15 is 0 Å². The summed E-state index contributed by atoms with van der Waals surface area (Å²) in [5.74, 6) is -0.422. The van der Waals surface area contributed by atoms with Gasteiger partial charge in [0.15, 0.2) is 0 Å². The maximum absolute atomic E-state index is 10.8. The van der Waals surface area contributed by atoms with E-state index in [1.54, 1.807) is 24.3 Å². The van der Waals surface area contributed by atoms with Crippen molar-refractivity contribution < 1.29 is 14.6 Å². The number of thiophene rings is 1. The molecule has 0 bridgehead atoms. The minimum atomic E-state index is -0.940. The first kappa shape index (κ1) is 12.1. The molecule has 4 nitrogen and oxygen atoms in total. The molecule has 0 aliphatic rings. The number of carboxylic acid groups (broad SMARTS) is 1. The van der Waals surface area contributed by atoms with Crippen LogP contribution in [0.15, 0.2) is 30.3 Å². The van der Waals surface area contributed by atoms with Gasteiger partial charge >= 0.3 is 5.97 Å². The van der Waals surface area contributed by atoms with E-state index in [1.807, 2.05) is 6.07 Å². The van der Waals surface area contributed by atoms with Crippen molar-refractivity contribution in [3.8, 4) is 16.2 Å². The smallest absolute Gasteiger partial charge is 0.345 e. The maximum Gasteiger partial charge on any atom is 0.345 e. The Hall–Kier alpha value is -2.32. The topological polar surface area (TPSA) is 50.9 Å². The van der Waals surface area contributed by atoms with Gasteiger partial charge in [0.25, 0.3) is 0 Å². The molecule has 0 saturated heterocycles. The van der Waals surface area contributed by atoms with Crippen LogP contribution in [0, 0.1) is 6.57 Å². The molecule has 0 aliphatic heterocycles. The van der Waals surface area contributed by atoms with E-state index in [0.29, 0.717) is 11.4 Å². The highest BCUT2D eigenvalue weighted by Crippen LogP contribution is 2.35. The molecule has 1 aromatic carbocycles. The van der Waals surface area contributed by atoms with Crippen molar-refractivity contribution in [2.45, 2.75) is 0 Å². The molecule has 0 radical (unpaired) electrons. The van der Waals surface area contributed by atoms with Gasteiger partial charge in [0, 0.05) is 4.88 Å². The second-order valence-corrected chi connectivity index (χ2v) is 4.55. The molecule has 2 aromatic rings. The molecule has 90 valence electrons. The second-order valence-electron chi connectivity index (χ2n) is 3.47. The van der Waals surface area contributed by atoms with Crippen molar-refractivity contribution >= 4 is 23.0 Å². The Morgan fingerprint density at radius 2 is 2.17 bits per heavy atom. The van der Waals surface area contributed by atoms with E-state index in [4.69, 9.17) is 16.4 Å². The fourth-order valence-corrected chi connectivity index (χ4v) is 2.38. The van der Waals surface area contributed by atoms with Crippen LogP contribution in [0.5, 0.6) is 5.75 Å². The molecular formula is C13H9NO3S. The van der Waals surface area contributed by atoms with Crippen LogP contribution in [0.25, 0.3) is 15.3 Å². The Morgan fingerprint density at radius 3 is 2.72 bits per heavy atom. The van der Waals surface area contributed by atoms with E-state index in [2.05, 4.69) is 4.85 Å². The standard InChI is InChI=1S/C13H9NO3S/c1-14-9-7-8(3-4-10(9)17-2)11-5-6-12(18-11)13(15)16/h3-7H,2H3,(H,15,16). The van der Waals surface area contributed by atoms with Crippen LogP contribution in [0.4, 0.5) is 5.69 Å². The van der Waals surface area contributed by atoms with Crippen molar-refractivity contribution in [3.05, 3.63) is 46.6 Å². The van der Waals surface area contributed by atoms with E-state index in [1.165, 1.54) is 18.4 Å². The number of rotatable bonds is 3. The van der Waals surface area contributed by atoms with Crippen LogP contribution in [0.2, 0.25) is 0 Å². The molecule has 0 atom stereocenters. The maximum atomic E-state index is 10.8. The lowest BCUT2D eigenvalue weighted by Gasteiger charge is -2.04. The Kier molecular flexibility index (Phi) is 3.31. The highest BCUT2D eigenvalue weighted by atomic mass is 32.1. The van der Waals surface area contributed by atoms with Gasteiger partial charge in [0.1, 0.15) is 10.6 Å². The zero-order chi connectivity index (χ0) is 13.1. The SMILES string of the molecule is [C-]#[N+]c1cc(-c2ccc(C(=O)O)s2)ccc1OC. The summed E-state index contributed by atoms with van der Waals surface area (Å²) in [5, 5.41) is 8.87. The zero-order valence-electron chi connectivity index (χ0n) is 9.51. The van der Waals surface area contributed by atoms with Crippen LogP contribution in [0.3, 0.4) is 0 Å². The Balaban J connectivity index is 2.45.